The van der Waals surface area contributed by atoms with Crippen LogP contribution in [-0.2, 0) is 6.42 Å². The highest BCUT2D eigenvalue weighted by molar-refractivity contribution is 7.07. The van der Waals surface area contributed by atoms with Gasteiger partial charge in [0, 0.05) is 6.54 Å². The SMILES string of the molecule is O=C(NCCc1ccsc1)c1c(F)cccc1F. The van der Waals surface area contributed by atoms with Gasteiger partial charge in [-0.05, 0) is 40.9 Å². The summed E-state index contributed by atoms with van der Waals surface area (Å²) in [4.78, 5) is 11.6. The van der Waals surface area contributed by atoms with Crippen LogP contribution in [0.5, 0.6) is 0 Å². The number of amides is 1. The summed E-state index contributed by atoms with van der Waals surface area (Å²) >= 11 is 1.57. The molecule has 5 heteroatoms. The van der Waals surface area contributed by atoms with E-state index >= 15 is 0 Å². The number of carbonyl (C=O) groups excluding carboxylic acids is 1. The number of thiophene rings is 1. The highest BCUT2D eigenvalue weighted by Crippen LogP contribution is 2.12. The molecule has 0 saturated heterocycles. The molecule has 1 aromatic carbocycles. The minimum absolute atomic E-state index is 0.351. The minimum atomic E-state index is -0.844. The first-order chi connectivity index (χ1) is 8.68. The third-order valence-electron chi connectivity index (χ3n) is 2.47. The zero-order valence-corrected chi connectivity index (χ0v) is 10.3. The molecule has 0 aliphatic heterocycles. The lowest BCUT2D eigenvalue weighted by Crippen LogP contribution is -2.27. The Morgan fingerprint density at radius 3 is 2.56 bits per heavy atom. The minimum Gasteiger partial charge on any atom is -0.352 e. The zero-order chi connectivity index (χ0) is 13.0. The van der Waals surface area contributed by atoms with E-state index in [9.17, 15) is 13.6 Å². The average molecular weight is 267 g/mol. The summed E-state index contributed by atoms with van der Waals surface area (Å²) in [5, 5.41) is 6.41. The van der Waals surface area contributed by atoms with E-state index < -0.39 is 23.1 Å². The van der Waals surface area contributed by atoms with Crippen molar-refractivity contribution in [2.75, 3.05) is 6.54 Å². The highest BCUT2D eigenvalue weighted by atomic mass is 32.1. The third kappa shape index (κ3) is 2.92. The van der Waals surface area contributed by atoms with Crippen molar-refractivity contribution >= 4 is 17.2 Å². The Kier molecular flexibility index (Phi) is 4.04. The molecule has 0 aliphatic rings. The number of halogens is 2. The number of hydrogen-bond donors (Lipinski definition) is 1. The third-order valence-corrected chi connectivity index (χ3v) is 3.20. The van der Waals surface area contributed by atoms with Gasteiger partial charge in [-0.1, -0.05) is 6.07 Å². The Morgan fingerprint density at radius 1 is 1.22 bits per heavy atom. The normalized spacial score (nSPS) is 10.3. The first kappa shape index (κ1) is 12.7. The highest BCUT2D eigenvalue weighted by Gasteiger charge is 2.16. The van der Waals surface area contributed by atoms with Gasteiger partial charge < -0.3 is 5.32 Å². The van der Waals surface area contributed by atoms with Crippen molar-refractivity contribution in [1.82, 2.24) is 5.32 Å². The molecule has 0 spiro atoms. The van der Waals surface area contributed by atoms with E-state index in [1.807, 2.05) is 16.8 Å². The summed E-state index contributed by atoms with van der Waals surface area (Å²) in [6, 6.07) is 5.31. The maximum Gasteiger partial charge on any atom is 0.257 e. The second kappa shape index (κ2) is 5.73. The van der Waals surface area contributed by atoms with Crippen LogP contribution >= 0.6 is 11.3 Å². The Hall–Kier alpha value is -1.75. The van der Waals surface area contributed by atoms with Crippen molar-refractivity contribution < 1.29 is 13.6 Å². The van der Waals surface area contributed by atoms with Crippen molar-refractivity contribution in [1.29, 1.82) is 0 Å². The van der Waals surface area contributed by atoms with Crippen LogP contribution in [0.1, 0.15) is 15.9 Å². The molecular weight excluding hydrogens is 256 g/mol. The number of hydrogen-bond acceptors (Lipinski definition) is 2. The fourth-order valence-electron chi connectivity index (χ4n) is 1.56. The van der Waals surface area contributed by atoms with Crippen LogP contribution in [0, 0.1) is 11.6 Å². The Morgan fingerprint density at radius 2 is 1.94 bits per heavy atom. The number of rotatable bonds is 4. The summed E-state index contributed by atoms with van der Waals surface area (Å²) < 4.78 is 26.6. The van der Waals surface area contributed by atoms with E-state index in [4.69, 9.17) is 0 Å². The standard InChI is InChI=1S/C13H11F2NOS/c14-10-2-1-3-11(15)12(10)13(17)16-6-4-9-5-7-18-8-9/h1-3,5,7-8H,4,6H2,(H,16,17). The van der Waals surface area contributed by atoms with Gasteiger partial charge in [0.1, 0.15) is 17.2 Å². The van der Waals surface area contributed by atoms with Crippen LogP contribution in [0.4, 0.5) is 8.78 Å². The molecule has 2 rings (SSSR count). The van der Waals surface area contributed by atoms with Gasteiger partial charge in [-0.3, -0.25) is 4.79 Å². The first-order valence-corrected chi connectivity index (χ1v) is 6.36. The molecule has 94 valence electrons. The van der Waals surface area contributed by atoms with Gasteiger partial charge in [-0.2, -0.15) is 11.3 Å². The Balaban J connectivity index is 1.96. The molecule has 1 amide bonds. The van der Waals surface area contributed by atoms with Crippen molar-refractivity contribution in [3.63, 3.8) is 0 Å². The van der Waals surface area contributed by atoms with E-state index in [1.165, 1.54) is 6.07 Å². The number of benzene rings is 1. The second-order valence-corrected chi connectivity index (χ2v) is 4.51. The van der Waals surface area contributed by atoms with Crippen molar-refractivity contribution in [3.8, 4) is 0 Å². The van der Waals surface area contributed by atoms with Crippen molar-refractivity contribution in [3.05, 3.63) is 57.8 Å². The molecule has 1 heterocycles. The number of nitrogens with one attached hydrogen (secondary N) is 1. The van der Waals surface area contributed by atoms with E-state index in [0.717, 1.165) is 17.7 Å². The summed E-state index contributed by atoms with van der Waals surface area (Å²) in [5.74, 6) is -2.41. The monoisotopic (exact) mass is 267 g/mol. The van der Waals surface area contributed by atoms with Gasteiger partial charge in [0.25, 0.3) is 5.91 Å². The maximum atomic E-state index is 13.3. The number of carbonyl (C=O) groups is 1. The molecular formula is C13H11F2NOS. The molecule has 1 aromatic heterocycles. The van der Waals surface area contributed by atoms with Crippen LogP contribution in [0.15, 0.2) is 35.0 Å². The second-order valence-electron chi connectivity index (χ2n) is 3.73. The van der Waals surface area contributed by atoms with E-state index in [-0.39, 0.29) is 0 Å². The lowest BCUT2D eigenvalue weighted by atomic mass is 10.1. The molecule has 18 heavy (non-hydrogen) atoms. The van der Waals surface area contributed by atoms with Gasteiger partial charge in [0.2, 0.25) is 0 Å². The summed E-state index contributed by atoms with van der Waals surface area (Å²) in [6.45, 7) is 0.351. The molecule has 0 bridgehead atoms. The van der Waals surface area contributed by atoms with Crippen LogP contribution in [0.2, 0.25) is 0 Å². The fraction of sp³-hybridized carbons (Fsp3) is 0.154. The van der Waals surface area contributed by atoms with Crippen LogP contribution in [0.3, 0.4) is 0 Å². The molecule has 0 radical (unpaired) electrons. The molecule has 0 unspecified atom stereocenters. The van der Waals surface area contributed by atoms with Gasteiger partial charge in [-0.25, -0.2) is 8.78 Å². The van der Waals surface area contributed by atoms with E-state index in [2.05, 4.69) is 5.32 Å². The predicted molar refractivity (Wildman–Crippen MR) is 66.7 cm³/mol. The topological polar surface area (TPSA) is 29.1 Å². The van der Waals surface area contributed by atoms with E-state index in [0.29, 0.717) is 13.0 Å². The van der Waals surface area contributed by atoms with Gasteiger partial charge in [-0.15, -0.1) is 0 Å². The smallest absolute Gasteiger partial charge is 0.257 e. The van der Waals surface area contributed by atoms with Crippen LogP contribution < -0.4 is 5.32 Å². The quantitative estimate of drug-likeness (QED) is 0.906. The molecule has 0 saturated carbocycles. The van der Waals surface area contributed by atoms with Crippen LogP contribution in [-0.4, -0.2) is 12.5 Å². The molecule has 2 nitrogen and oxygen atoms in total. The van der Waals surface area contributed by atoms with Gasteiger partial charge in [0.05, 0.1) is 0 Å². The first-order valence-electron chi connectivity index (χ1n) is 5.42. The van der Waals surface area contributed by atoms with Crippen molar-refractivity contribution in [2.45, 2.75) is 6.42 Å². The molecule has 0 atom stereocenters. The Bertz CT molecular complexity index is 520. The van der Waals surface area contributed by atoms with Gasteiger partial charge in [0.15, 0.2) is 0 Å². The molecule has 0 fully saturated rings. The van der Waals surface area contributed by atoms with E-state index in [1.54, 1.807) is 11.3 Å². The summed E-state index contributed by atoms with van der Waals surface area (Å²) in [5.41, 5.74) is 0.567. The lowest BCUT2D eigenvalue weighted by Gasteiger charge is -2.06. The molecule has 2 aromatic rings. The molecule has 0 aliphatic carbocycles. The lowest BCUT2D eigenvalue weighted by molar-refractivity contribution is 0.0945. The summed E-state index contributed by atoms with van der Waals surface area (Å²) in [7, 11) is 0. The summed E-state index contributed by atoms with van der Waals surface area (Å²) in [6.07, 6.45) is 0.644. The fourth-order valence-corrected chi connectivity index (χ4v) is 2.26. The zero-order valence-electron chi connectivity index (χ0n) is 9.45. The van der Waals surface area contributed by atoms with Gasteiger partial charge >= 0.3 is 0 Å². The van der Waals surface area contributed by atoms with Crippen LogP contribution in [0.25, 0.3) is 0 Å². The Labute approximate surface area is 107 Å². The predicted octanol–water partition coefficient (Wildman–Crippen LogP) is 3.00. The maximum absolute atomic E-state index is 13.3. The largest absolute Gasteiger partial charge is 0.352 e. The average Bonchev–Trinajstić information content (AvgIpc) is 2.82. The van der Waals surface area contributed by atoms with Crippen molar-refractivity contribution in [2.24, 2.45) is 0 Å². The molecule has 1 N–H and O–H groups in total.